The summed E-state index contributed by atoms with van der Waals surface area (Å²) in [6.07, 6.45) is 0.803. The van der Waals surface area contributed by atoms with E-state index < -0.39 is 0 Å². The van der Waals surface area contributed by atoms with Crippen molar-refractivity contribution in [2.75, 3.05) is 7.05 Å². The Bertz CT molecular complexity index is 578. The standard InChI is InChI=1S/C15H19BrFN3/c1-4-20-14(15(16)10(2)19-20)9-13(18-3)11-5-7-12(17)8-6-11/h5-8,13,18H,4,9H2,1-3H3. The highest BCUT2D eigenvalue weighted by Gasteiger charge is 2.18. The van der Waals surface area contributed by atoms with Crippen molar-refractivity contribution < 1.29 is 4.39 Å². The van der Waals surface area contributed by atoms with Crippen LogP contribution >= 0.6 is 15.9 Å². The molecule has 0 aliphatic heterocycles. The van der Waals surface area contributed by atoms with Gasteiger partial charge in [0.2, 0.25) is 0 Å². The Morgan fingerprint density at radius 3 is 2.55 bits per heavy atom. The van der Waals surface area contributed by atoms with Crippen LogP contribution in [-0.4, -0.2) is 16.8 Å². The number of rotatable bonds is 5. The Balaban J connectivity index is 2.28. The molecule has 0 saturated heterocycles. The number of nitrogens with zero attached hydrogens (tertiary/aromatic N) is 2. The molecule has 1 aromatic carbocycles. The zero-order valence-electron chi connectivity index (χ0n) is 12.0. The van der Waals surface area contributed by atoms with Crippen LogP contribution in [0, 0.1) is 12.7 Å². The zero-order chi connectivity index (χ0) is 14.7. The second-order valence-corrected chi connectivity index (χ2v) is 5.55. The number of likely N-dealkylation sites (N-methyl/N-ethyl adjacent to an activating group) is 1. The molecule has 5 heteroatoms. The Morgan fingerprint density at radius 2 is 2.00 bits per heavy atom. The van der Waals surface area contributed by atoms with E-state index in [0.29, 0.717) is 0 Å². The fourth-order valence-electron chi connectivity index (χ4n) is 2.34. The average molecular weight is 340 g/mol. The van der Waals surface area contributed by atoms with Gasteiger partial charge in [-0.2, -0.15) is 5.10 Å². The topological polar surface area (TPSA) is 29.9 Å². The molecular weight excluding hydrogens is 321 g/mol. The van der Waals surface area contributed by atoms with Crippen molar-refractivity contribution in [1.82, 2.24) is 15.1 Å². The van der Waals surface area contributed by atoms with Gasteiger partial charge in [-0.15, -0.1) is 0 Å². The molecule has 0 fully saturated rings. The fourth-order valence-corrected chi connectivity index (χ4v) is 2.78. The smallest absolute Gasteiger partial charge is 0.123 e. The Kier molecular flexibility index (Phi) is 4.94. The third kappa shape index (κ3) is 3.10. The molecule has 1 N–H and O–H groups in total. The van der Waals surface area contributed by atoms with E-state index in [2.05, 4.69) is 33.3 Å². The summed E-state index contributed by atoms with van der Waals surface area (Å²) in [7, 11) is 1.92. The zero-order valence-corrected chi connectivity index (χ0v) is 13.5. The van der Waals surface area contributed by atoms with Crippen molar-refractivity contribution in [3.63, 3.8) is 0 Å². The van der Waals surface area contributed by atoms with E-state index in [9.17, 15) is 4.39 Å². The summed E-state index contributed by atoms with van der Waals surface area (Å²) in [5.74, 6) is -0.209. The monoisotopic (exact) mass is 339 g/mol. The third-order valence-electron chi connectivity index (χ3n) is 3.47. The highest BCUT2D eigenvalue weighted by atomic mass is 79.9. The number of hydrogen-bond acceptors (Lipinski definition) is 2. The van der Waals surface area contributed by atoms with Crippen molar-refractivity contribution in [2.45, 2.75) is 32.9 Å². The van der Waals surface area contributed by atoms with Crippen LogP contribution in [0.25, 0.3) is 0 Å². The lowest BCUT2D eigenvalue weighted by Gasteiger charge is -2.17. The second-order valence-electron chi connectivity index (χ2n) is 4.76. The van der Waals surface area contributed by atoms with Crippen LogP contribution in [0.5, 0.6) is 0 Å². The molecule has 0 saturated carbocycles. The van der Waals surface area contributed by atoms with Crippen molar-refractivity contribution in [1.29, 1.82) is 0 Å². The summed E-state index contributed by atoms with van der Waals surface area (Å²) in [6.45, 7) is 4.91. The maximum Gasteiger partial charge on any atom is 0.123 e. The Hall–Kier alpha value is -1.20. The van der Waals surface area contributed by atoms with Gasteiger partial charge in [-0.25, -0.2) is 4.39 Å². The lowest BCUT2D eigenvalue weighted by molar-refractivity contribution is 0.538. The number of nitrogens with one attached hydrogen (secondary N) is 1. The van der Waals surface area contributed by atoms with Crippen LogP contribution in [0.1, 0.15) is 29.9 Å². The number of benzene rings is 1. The van der Waals surface area contributed by atoms with Crippen molar-refractivity contribution >= 4 is 15.9 Å². The Morgan fingerprint density at radius 1 is 1.35 bits per heavy atom. The summed E-state index contributed by atoms with van der Waals surface area (Å²) >= 11 is 3.61. The van der Waals surface area contributed by atoms with Gasteiger partial charge in [-0.05, 0) is 54.5 Å². The third-order valence-corrected chi connectivity index (χ3v) is 4.50. The number of halogens is 2. The fraction of sp³-hybridized carbons (Fsp3) is 0.400. The lowest BCUT2D eigenvalue weighted by Crippen LogP contribution is -2.20. The summed E-state index contributed by atoms with van der Waals surface area (Å²) < 4.78 is 16.1. The molecule has 0 aliphatic carbocycles. The first kappa shape index (κ1) is 15.2. The highest BCUT2D eigenvalue weighted by Crippen LogP contribution is 2.26. The van der Waals surface area contributed by atoms with E-state index in [1.807, 2.05) is 30.8 Å². The molecule has 0 aliphatic rings. The predicted molar refractivity (Wildman–Crippen MR) is 82.2 cm³/mol. The van der Waals surface area contributed by atoms with Gasteiger partial charge >= 0.3 is 0 Å². The quantitative estimate of drug-likeness (QED) is 0.901. The molecule has 1 aromatic heterocycles. The summed E-state index contributed by atoms with van der Waals surface area (Å²) in [4.78, 5) is 0. The van der Waals surface area contributed by atoms with Gasteiger partial charge in [0.1, 0.15) is 5.82 Å². The molecular formula is C15H19BrFN3. The average Bonchev–Trinajstić information content (AvgIpc) is 2.73. The molecule has 0 amide bonds. The van der Waals surface area contributed by atoms with E-state index >= 15 is 0 Å². The van der Waals surface area contributed by atoms with Gasteiger partial charge in [-0.3, -0.25) is 4.68 Å². The molecule has 1 atom stereocenters. The molecule has 0 radical (unpaired) electrons. The minimum Gasteiger partial charge on any atom is -0.313 e. The lowest BCUT2D eigenvalue weighted by atomic mass is 10.0. The second kappa shape index (κ2) is 6.50. The Labute approximate surface area is 127 Å². The van der Waals surface area contributed by atoms with Crippen molar-refractivity contribution in [3.8, 4) is 0 Å². The molecule has 2 aromatic rings. The number of hydrogen-bond donors (Lipinski definition) is 1. The van der Waals surface area contributed by atoms with Crippen LogP contribution in [0.4, 0.5) is 4.39 Å². The minimum absolute atomic E-state index is 0.133. The maximum atomic E-state index is 13.0. The normalized spacial score (nSPS) is 12.7. The molecule has 3 nitrogen and oxygen atoms in total. The summed E-state index contributed by atoms with van der Waals surface area (Å²) in [6, 6.07) is 6.77. The highest BCUT2D eigenvalue weighted by molar-refractivity contribution is 9.10. The molecule has 1 unspecified atom stereocenters. The van der Waals surface area contributed by atoms with E-state index in [1.165, 1.54) is 12.1 Å². The minimum atomic E-state index is -0.209. The van der Waals surface area contributed by atoms with Crippen molar-refractivity contribution in [3.05, 3.63) is 51.5 Å². The van der Waals surface area contributed by atoms with Crippen LogP contribution in [0.15, 0.2) is 28.7 Å². The van der Waals surface area contributed by atoms with E-state index in [4.69, 9.17) is 0 Å². The van der Waals surface area contributed by atoms with Gasteiger partial charge in [0.25, 0.3) is 0 Å². The van der Waals surface area contributed by atoms with Gasteiger partial charge in [-0.1, -0.05) is 12.1 Å². The molecule has 20 heavy (non-hydrogen) atoms. The first-order chi connectivity index (χ1) is 9.56. The van der Waals surface area contributed by atoms with Crippen LogP contribution in [-0.2, 0) is 13.0 Å². The first-order valence-electron chi connectivity index (χ1n) is 6.71. The van der Waals surface area contributed by atoms with E-state index in [-0.39, 0.29) is 11.9 Å². The van der Waals surface area contributed by atoms with E-state index in [1.54, 1.807) is 0 Å². The maximum absolute atomic E-state index is 13.0. The van der Waals surface area contributed by atoms with Gasteiger partial charge < -0.3 is 5.32 Å². The predicted octanol–water partition coefficient (Wildman–Crippen LogP) is 3.62. The molecule has 0 bridgehead atoms. The van der Waals surface area contributed by atoms with E-state index in [0.717, 1.165) is 34.4 Å². The van der Waals surface area contributed by atoms with Gasteiger partial charge in [0.15, 0.2) is 0 Å². The number of aromatic nitrogens is 2. The van der Waals surface area contributed by atoms with Crippen molar-refractivity contribution in [2.24, 2.45) is 0 Å². The molecule has 2 rings (SSSR count). The van der Waals surface area contributed by atoms with Crippen LogP contribution in [0.3, 0.4) is 0 Å². The largest absolute Gasteiger partial charge is 0.313 e. The summed E-state index contributed by atoms with van der Waals surface area (Å²) in [5, 5.41) is 7.80. The van der Waals surface area contributed by atoms with Crippen LogP contribution < -0.4 is 5.32 Å². The van der Waals surface area contributed by atoms with Crippen LogP contribution in [0.2, 0.25) is 0 Å². The van der Waals surface area contributed by atoms with Gasteiger partial charge in [0, 0.05) is 19.0 Å². The first-order valence-corrected chi connectivity index (χ1v) is 7.50. The van der Waals surface area contributed by atoms with Gasteiger partial charge in [0.05, 0.1) is 15.9 Å². The SMILES string of the molecule is CCn1nc(C)c(Br)c1CC(NC)c1ccc(F)cc1. The summed E-state index contributed by atoms with van der Waals surface area (Å²) in [5.41, 5.74) is 3.23. The number of aryl methyl sites for hydroxylation is 2. The molecule has 1 heterocycles. The molecule has 108 valence electrons. The molecule has 0 spiro atoms.